The number of hydrogen-bond acceptors (Lipinski definition) is 5. The lowest BCUT2D eigenvalue weighted by atomic mass is 9.66. The quantitative estimate of drug-likeness (QED) is 0.328. The van der Waals surface area contributed by atoms with Gasteiger partial charge in [-0.05, 0) is 42.2 Å². The van der Waals surface area contributed by atoms with E-state index in [4.69, 9.17) is 14.2 Å². The van der Waals surface area contributed by atoms with E-state index in [1.165, 1.54) is 32.4 Å². The minimum Gasteiger partial charge on any atom is -0.496 e. The SMILES string of the molecule is C=CCC1(C(=O)OC)C(=O)N(COC)c2cccc(C(F)(F)F)c2CC1c1ccccc1OC. The van der Waals surface area contributed by atoms with Gasteiger partial charge in [-0.1, -0.05) is 30.3 Å². The highest BCUT2D eigenvalue weighted by molar-refractivity contribution is 6.12. The molecule has 0 fully saturated rings. The molecule has 0 bridgehead atoms. The summed E-state index contributed by atoms with van der Waals surface area (Å²) in [4.78, 5) is 28.6. The van der Waals surface area contributed by atoms with E-state index >= 15 is 0 Å². The highest BCUT2D eigenvalue weighted by Crippen LogP contribution is 2.52. The molecule has 0 N–H and O–H groups in total. The number of para-hydroxylation sites is 1. The molecule has 34 heavy (non-hydrogen) atoms. The van der Waals surface area contributed by atoms with E-state index in [0.29, 0.717) is 11.3 Å². The topological polar surface area (TPSA) is 65.1 Å². The summed E-state index contributed by atoms with van der Waals surface area (Å²) in [5.41, 5.74) is -2.49. The molecule has 0 saturated carbocycles. The van der Waals surface area contributed by atoms with Crippen LogP contribution in [0.4, 0.5) is 18.9 Å². The highest BCUT2D eigenvalue weighted by Gasteiger charge is 2.58. The number of allylic oxidation sites excluding steroid dienone is 1. The fourth-order valence-electron chi connectivity index (χ4n) is 4.72. The van der Waals surface area contributed by atoms with Gasteiger partial charge in [-0.25, -0.2) is 0 Å². The first kappa shape index (κ1) is 25.3. The van der Waals surface area contributed by atoms with E-state index in [9.17, 15) is 22.8 Å². The van der Waals surface area contributed by atoms with Crippen LogP contribution in [0.25, 0.3) is 0 Å². The third-order valence-corrected chi connectivity index (χ3v) is 6.17. The van der Waals surface area contributed by atoms with Gasteiger partial charge in [-0.3, -0.25) is 14.5 Å². The van der Waals surface area contributed by atoms with Crippen molar-refractivity contribution in [3.05, 3.63) is 71.8 Å². The Morgan fingerprint density at radius 3 is 2.47 bits per heavy atom. The zero-order valence-electron chi connectivity index (χ0n) is 19.1. The molecule has 2 atom stereocenters. The number of ether oxygens (including phenoxy) is 3. The maximum absolute atomic E-state index is 14.1. The Labute approximate surface area is 195 Å². The number of rotatable bonds is 7. The molecule has 2 aromatic carbocycles. The van der Waals surface area contributed by atoms with Gasteiger partial charge in [0.15, 0.2) is 5.41 Å². The van der Waals surface area contributed by atoms with Gasteiger partial charge < -0.3 is 14.2 Å². The van der Waals surface area contributed by atoms with Gasteiger partial charge in [-0.2, -0.15) is 13.2 Å². The molecule has 1 amide bonds. The van der Waals surface area contributed by atoms with E-state index in [-0.39, 0.29) is 30.8 Å². The first-order valence-electron chi connectivity index (χ1n) is 10.5. The average Bonchev–Trinajstić information content (AvgIpc) is 2.92. The normalized spacial score (nSPS) is 20.4. The smallest absolute Gasteiger partial charge is 0.416 e. The van der Waals surface area contributed by atoms with Gasteiger partial charge >= 0.3 is 12.1 Å². The molecule has 0 aliphatic carbocycles. The van der Waals surface area contributed by atoms with E-state index in [1.54, 1.807) is 24.3 Å². The third-order valence-electron chi connectivity index (χ3n) is 6.17. The molecule has 2 aromatic rings. The van der Waals surface area contributed by atoms with Gasteiger partial charge in [0.05, 0.1) is 19.8 Å². The van der Waals surface area contributed by atoms with Crippen LogP contribution in [-0.2, 0) is 31.7 Å². The maximum atomic E-state index is 14.1. The molecule has 1 heterocycles. The van der Waals surface area contributed by atoms with Crippen molar-refractivity contribution in [2.24, 2.45) is 5.41 Å². The number of hydrogen-bond donors (Lipinski definition) is 0. The third kappa shape index (κ3) is 4.16. The van der Waals surface area contributed by atoms with E-state index in [0.717, 1.165) is 18.1 Å². The summed E-state index contributed by atoms with van der Waals surface area (Å²) in [6.07, 6.45) is -3.74. The van der Waals surface area contributed by atoms with Crippen LogP contribution in [0.2, 0.25) is 0 Å². The summed E-state index contributed by atoms with van der Waals surface area (Å²) in [5, 5.41) is 0. The number of fused-ring (bicyclic) bond motifs is 1. The van der Waals surface area contributed by atoms with Crippen LogP contribution in [0.1, 0.15) is 29.0 Å². The Balaban J connectivity index is 2.45. The summed E-state index contributed by atoms with van der Waals surface area (Å²) in [6.45, 7) is 3.35. The Kier molecular flexibility index (Phi) is 7.35. The molecular formula is C25H26F3NO5. The van der Waals surface area contributed by atoms with Crippen molar-refractivity contribution in [3.63, 3.8) is 0 Å². The number of carbonyl (C=O) groups is 2. The molecule has 0 radical (unpaired) electrons. The Hall–Kier alpha value is -3.33. The lowest BCUT2D eigenvalue weighted by molar-refractivity contribution is -0.160. The number of amides is 1. The number of alkyl halides is 3. The van der Waals surface area contributed by atoms with Crippen molar-refractivity contribution in [1.29, 1.82) is 0 Å². The zero-order valence-corrected chi connectivity index (χ0v) is 19.1. The van der Waals surface area contributed by atoms with Crippen LogP contribution in [-0.4, -0.2) is 39.9 Å². The Morgan fingerprint density at radius 1 is 1.18 bits per heavy atom. The molecule has 1 aliphatic heterocycles. The molecule has 1 aliphatic rings. The molecule has 0 saturated heterocycles. The fraction of sp³-hybridized carbons (Fsp3) is 0.360. The average molecular weight is 477 g/mol. The summed E-state index contributed by atoms with van der Waals surface area (Å²) < 4.78 is 58.0. The van der Waals surface area contributed by atoms with Crippen LogP contribution in [0.5, 0.6) is 5.75 Å². The number of nitrogens with zero attached hydrogens (tertiary/aromatic N) is 1. The van der Waals surface area contributed by atoms with Gasteiger partial charge in [0, 0.05) is 18.7 Å². The molecule has 182 valence electrons. The van der Waals surface area contributed by atoms with Crippen LogP contribution < -0.4 is 9.64 Å². The molecule has 2 unspecified atom stereocenters. The van der Waals surface area contributed by atoms with Crippen LogP contribution >= 0.6 is 0 Å². The van der Waals surface area contributed by atoms with Crippen LogP contribution in [0.15, 0.2) is 55.1 Å². The molecule has 3 rings (SSSR count). The maximum Gasteiger partial charge on any atom is 0.416 e. The standard InChI is InChI=1S/C25H26F3NO5/c1-5-13-24(23(31)34-4)19(16-9-6-7-12-21(16)33-3)14-17-18(25(26,27)28)10-8-11-20(17)29(15-32-2)22(24)30/h5-12,19H,1,13-15H2,2-4H3. The number of carbonyl (C=O) groups excluding carboxylic acids is 2. The second-order valence-electron chi connectivity index (χ2n) is 7.91. The highest BCUT2D eigenvalue weighted by atomic mass is 19.4. The van der Waals surface area contributed by atoms with Crippen molar-refractivity contribution in [2.75, 3.05) is 33.0 Å². The number of esters is 1. The number of benzene rings is 2. The Morgan fingerprint density at radius 2 is 1.88 bits per heavy atom. The first-order chi connectivity index (χ1) is 16.2. The number of anilines is 1. The number of methoxy groups -OCH3 is 3. The summed E-state index contributed by atoms with van der Waals surface area (Å²) in [7, 11) is 3.87. The van der Waals surface area contributed by atoms with Crippen molar-refractivity contribution < 1.29 is 37.0 Å². The van der Waals surface area contributed by atoms with Gasteiger partial charge in [0.2, 0.25) is 5.91 Å². The summed E-state index contributed by atoms with van der Waals surface area (Å²) in [5.74, 6) is -2.33. The molecular weight excluding hydrogens is 451 g/mol. The van der Waals surface area contributed by atoms with E-state index < -0.39 is 34.9 Å². The van der Waals surface area contributed by atoms with E-state index in [1.807, 2.05) is 0 Å². The van der Waals surface area contributed by atoms with Crippen molar-refractivity contribution in [2.45, 2.75) is 24.9 Å². The predicted octanol–water partition coefficient (Wildman–Crippen LogP) is 4.73. The van der Waals surface area contributed by atoms with Crippen molar-refractivity contribution in [3.8, 4) is 5.75 Å². The lowest BCUT2D eigenvalue weighted by Gasteiger charge is -2.37. The van der Waals surface area contributed by atoms with Gasteiger partial charge in [0.1, 0.15) is 12.5 Å². The second kappa shape index (κ2) is 9.89. The molecule has 0 spiro atoms. The number of halogens is 3. The monoisotopic (exact) mass is 477 g/mol. The lowest BCUT2D eigenvalue weighted by Crippen LogP contribution is -2.52. The van der Waals surface area contributed by atoms with Crippen LogP contribution in [0, 0.1) is 5.41 Å². The minimum atomic E-state index is -4.69. The van der Waals surface area contributed by atoms with Gasteiger partial charge in [0.25, 0.3) is 0 Å². The fourth-order valence-corrected chi connectivity index (χ4v) is 4.72. The largest absolute Gasteiger partial charge is 0.496 e. The van der Waals surface area contributed by atoms with Crippen molar-refractivity contribution >= 4 is 17.6 Å². The van der Waals surface area contributed by atoms with E-state index in [2.05, 4.69) is 6.58 Å². The van der Waals surface area contributed by atoms with Crippen LogP contribution in [0.3, 0.4) is 0 Å². The van der Waals surface area contributed by atoms with Gasteiger partial charge in [-0.15, -0.1) is 6.58 Å². The first-order valence-corrected chi connectivity index (χ1v) is 10.5. The Bertz CT molecular complexity index is 1080. The molecule has 6 nitrogen and oxygen atoms in total. The van der Waals surface area contributed by atoms with Crippen molar-refractivity contribution in [1.82, 2.24) is 0 Å². The predicted molar refractivity (Wildman–Crippen MR) is 120 cm³/mol. The molecule has 0 aromatic heterocycles. The minimum absolute atomic E-state index is 0.0245. The summed E-state index contributed by atoms with van der Waals surface area (Å²) >= 11 is 0. The summed E-state index contributed by atoms with van der Waals surface area (Å²) in [6, 6.07) is 10.2. The molecule has 9 heteroatoms. The zero-order chi connectivity index (χ0) is 25.1. The second-order valence-corrected chi connectivity index (χ2v) is 7.91.